The summed E-state index contributed by atoms with van der Waals surface area (Å²) >= 11 is 0. The van der Waals surface area contributed by atoms with E-state index in [1.165, 1.54) is 16.4 Å². The molecule has 0 unspecified atom stereocenters. The van der Waals surface area contributed by atoms with Gasteiger partial charge in [-0.2, -0.15) is 4.31 Å². The molecular weight excluding hydrogens is 367 g/mol. The minimum atomic E-state index is -3.64. The van der Waals surface area contributed by atoms with Crippen LogP contribution < -0.4 is 5.32 Å². The van der Waals surface area contributed by atoms with Gasteiger partial charge in [0.15, 0.2) is 0 Å². The average Bonchev–Trinajstić information content (AvgIpc) is 2.67. The molecule has 0 saturated carbocycles. The van der Waals surface area contributed by atoms with Crippen molar-refractivity contribution in [2.24, 2.45) is 5.41 Å². The van der Waals surface area contributed by atoms with Gasteiger partial charge in [0.2, 0.25) is 15.9 Å². The molecule has 1 heterocycles. The van der Waals surface area contributed by atoms with Gasteiger partial charge < -0.3 is 5.32 Å². The molecule has 0 radical (unpaired) electrons. The second-order valence-corrected chi connectivity index (χ2v) is 9.07. The Bertz CT molecular complexity index is 918. The van der Waals surface area contributed by atoms with Crippen LogP contribution in [0.1, 0.15) is 25.3 Å². The number of rotatable bonds is 5. The minimum Gasteiger partial charge on any atom is -0.352 e. The fraction of sp³-hybridized carbons (Fsp3) is 0.350. The first-order valence-electron chi connectivity index (χ1n) is 8.89. The third-order valence-corrected chi connectivity index (χ3v) is 6.79. The highest BCUT2D eigenvalue weighted by molar-refractivity contribution is 7.89. The second-order valence-electron chi connectivity index (χ2n) is 7.13. The number of nitrogens with zero attached hydrogens (tertiary/aromatic N) is 1. The molecule has 5 nitrogen and oxygen atoms in total. The van der Waals surface area contributed by atoms with Crippen LogP contribution in [0.2, 0.25) is 0 Å². The first kappa shape index (κ1) is 19.5. The van der Waals surface area contributed by atoms with Crippen molar-refractivity contribution in [1.82, 2.24) is 9.62 Å². The lowest BCUT2D eigenvalue weighted by atomic mass is 9.82. The topological polar surface area (TPSA) is 66.5 Å². The van der Waals surface area contributed by atoms with Crippen LogP contribution in [-0.4, -0.2) is 31.7 Å². The standard InChI is InChI=1S/C20H23FN2O3S/c1-20(19(24)22-14-16-7-5-8-17(21)13-16)11-6-12-23(15-20)27(25,26)18-9-3-2-4-10-18/h2-5,7-10,13H,6,11-12,14-15H2,1H3,(H,22,24)/t20-/m1/s1. The lowest BCUT2D eigenvalue weighted by Gasteiger charge is -2.38. The van der Waals surface area contributed by atoms with E-state index in [-0.39, 0.29) is 29.7 Å². The zero-order valence-electron chi connectivity index (χ0n) is 15.2. The van der Waals surface area contributed by atoms with Crippen LogP contribution in [0.3, 0.4) is 0 Å². The lowest BCUT2D eigenvalue weighted by molar-refractivity contribution is -0.132. The van der Waals surface area contributed by atoms with Gasteiger partial charge in [-0.3, -0.25) is 4.79 Å². The Labute approximate surface area is 159 Å². The lowest BCUT2D eigenvalue weighted by Crippen LogP contribution is -2.51. The van der Waals surface area contributed by atoms with E-state index in [4.69, 9.17) is 0 Å². The zero-order valence-corrected chi connectivity index (χ0v) is 16.0. The molecule has 2 aromatic rings. The third-order valence-electron chi connectivity index (χ3n) is 4.93. The molecule has 2 aromatic carbocycles. The number of hydrogen-bond donors (Lipinski definition) is 1. The molecule has 0 bridgehead atoms. The highest BCUT2D eigenvalue weighted by Crippen LogP contribution is 2.33. The molecular formula is C20H23FN2O3S. The van der Waals surface area contributed by atoms with Crippen LogP contribution >= 0.6 is 0 Å². The van der Waals surface area contributed by atoms with Gasteiger partial charge in [0, 0.05) is 19.6 Å². The Morgan fingerprint density at radius 1 is 1.19 bits per heavy atom. The van der Waals surface area contributed by atoms with Gasteiger partial charge >= 0.3 is 0 Å². The van der Waals surface area contributed by atoms with E-state index in [1.54, 1.807) is 49.4 Å². The molecule has 0 spiro atoms. The van der Waals surface area contributed by atoms with Crippen LogP contribution in [0.4, 0.5) is 4.39 Å². The summed E-state index contributed by atoms with van der Waals surface area (Å²) in [5, 5.41) is 2.82. The van der Waals surface area contributed by atoms with Crippen molar-refractivity contribution in [2.75, 3.05) is 13.1 Å². The maximum absolute atomic E-state index is 13.3. The minimum absolute atomic E-state index is 0.124. The number of halogens is 1. The number of piperidine rings is 1. The van der Waals surface area contributed by atoms with Gasteiger partial charge in [-0.05, 0) is 49.6 Å². The van der Waals surface area contributed by atoms with E-state index >= 15 is 0 Å². The molecule has 1 amide bonds. The van der Waals surface area contributed by atoms with Gasteiger partial charge in [-0.25, -0.2) is 12.8 Å². The molecule has 27 heavy (non-hydrogen) atoms. The molecule has 144 valence electrons. The molecule has 1 aliphatic heterocycles. The van der Waals surface area contributed by atoms with E-state index in [2.05, 4.69) is 5.32 Å². The molecule has 0 aromatic heterocycles. The van der Waals surface area contributed by atoms with E-state index in [0.717, 1.165) is 0 Å². The average molecular weight is 390 g/mol. The SMILES string of the molecule is C[C@@]1(C(=O)NCc2cccc(F)c2)CCCN(S(=O)(=O)c2ccccc2)C1. The molecule has 7 heteroatoms. The summed E-state index contributed by atoms with van der Waals surface area (Å²) in [5.41, 5.74) is -0.163. The number of nitrogens with one attached hydrogen (secondary N) is 1. The second kappa shape index (κ2) is 7.78. The Balaban J connectivity index is 1.71. The Kier molecular flexibility index (Phi) is 5.62. The number of hydrogen-bond acceptors (Lipinski definition) is 3. The molecule has 0 aliphatic carbocycles. The van der Waals surface area contributed by atoms with Crippen LogP contribution in [0, 0.1) is 11.2 Å². The van der Waals surface area contributed by atoms with Crippen molar-refractivity contribution < 1.29 is 17.6 Å². The van der Waals surface area contributed by atoms with Crippen molar-refractivity contribution in [2.45, 2.75) is 31.2 Å². The maximum Gasteiger partial charge on any atom is 0.243 e. The van der Waals surface area contributed by atoms with E-state index in [0.29, 0.717) is 24.9 Å². The van der Waals surface area contributed by atoms with Crippen molar-refractivity contribution in [3.05, 3.63) is 66.0 Å². The first-order valence-corrected chi connectivity index (χ1v) is 10.3. The number of carbonyl (C=O) groups is 1. The molecule has 1 saturated heterocycles. The van der Waals surface area contributed by atoms with Crippen LogP contribution in [-0.2, 0) is 21.4 Å². The van der Waals surface area contributed by atoms with Gasteiger partial charge in [0.25, 0.3) is 0 Å². The Morgan fingerprint density at radius 3 is 2.63 bits per heavy atom. The number of carbonyl (C=O) groups excluding carboxylic acids is 1. The third kappa shape index (κ3) is 4.36. The summed E-state index contributed by atoms with van der Waals surface area (Å²) in [6.07, 6.45) is 1.21. The maximum atomic E-state index is 13.3. The fourth-order valence-corrected chi connectivity index (χ4v) is 4.99. The van der Waals surface area contributed by atoms with E-state index in [1.807, 2.05) is 0 Å². The molecule has 1 aliphatic rings. The van der Waals surface area contributed by atoms with Crippen LogP contribution in [0.15, 0.2) is 59.5 Å². The van der Waals surface area contributed by atoms with Crippen LogP contribution in [0.25, 0.3) is 0 Å². The van der Waals surface area contributed by atoms with Crippen molar-refractivity contribution >= 4 is 15.9 Å². The summed E-state index contributed by atoms with van der Waals surface area (Å²) in [7, 11) is -3.64. The fourth-order valence-electron chi connectivity index (χ4n) is 3.37. The predicted molar refractivity (Wildman–Crippen MR) is 101 cm³/mol. The number of sulfonamides is 1. The smallest absolute Gasteiger partial charge is 0.243 e. The van der Waals surface area contributed by atoms with E-state index < -0.39 is 15.4 Å². The Hall–Kier alpha value is -2.25. The van der Waals surface area contributed by atoms with Gasteiger partial charge in [0.05, 0.1) is 10.3 Å². The Morgan fingerprint density at radius 2 is 1.93 bits per heavy atom. The summed E-state index contributed by atoms with van der Waals surface area (Å²) < 4.78 is 40.4. The summed E-state index contributed by atoms with van der Waals surface area (Å²) in [5.74, 6) is -0.578. The predicted octanol–water partition coefficient (Wildman–Crippen LogP) is 2.93. The summed E-state index contributed by atoms with van der Waals surface area (Å²) in [6.45, 7) is 2.50. The number of amides is 1. The quantitative estimate of drug-likeness (QED) is 0.854. The van der Waals surface area contributed by atoms with Gasteiger partial charge in [0.1, 0.15) is 5.82 Å². The normalized spacial score (nSPS) is 21.0. The van der Waals surface area contributed by atoms with Crippen LogP contribution in [0.5, 0.6) is 0 Å². The molecule has 1 N–H and O–H groups in total. The van der Waals surface area contributed by atoms with Gasteiger partial charge in [-0.1, -0.05) is 30.3 Å². The van der Waals surface area contributed by atoms with Crippen molar-refractivity contribution in [3.63, 3.8) is 0 Å². The van der Waals surface area contributed by atoms with Gasteiger partial charge in [-0.15, -0.1) is 0 Å². The zero-order chi connectivity index (χ0) is 19.5. The van der Waals surface area contributed by atoms with E-state index in [9.17, 15) is 17.6 Å². The highest BCUT2D eigenvalue weighted by Gasteiger charge is 2.41. The molecule has 3 rings (SSSR count). The molecule has 1 atom stereocenters. The largest absolute Gasteiger partial charge is 0.352 e. The molecule has 1 fully saturated rings. The monoisotopic (exact) mass is 390 g/mol. The summed E-state index contributed by atoms with van der Waals surface area (Å²) in [4.78, 5) is 13.0. The van der Waals surface area contributed by atoms with Crippen molar-refractivity contribution in [1.29, 1.82) is 0 Å². The summed E-state index contributed by atoms with van der Waals surface area (Å²) in [6, 6.07) is 14.3. The first-order chi connectivity index (χ1) is 12.8. The number of benzene rings is 2. The van der Waals surface area contributed by atoms with Crippen molar-refractivity contribution in [3.8, 4) is 0 Å². The highest BCUT2D eigenvalue weighted by atomic mass is 32.2.